The summed E-state index contributed by atoms with van der Waals surface area (Å²) < 4.78 is 21.2. The van der Waals surface area contributed by atoms with Crippen LogP contribution in [-0.2, 0) is 38.2 Å². The maximum atomic E-state index is 9.96. The summed E-state index contributed by atoms with van der Waals surface area (Å²) in [5.41, 5.74) is 8.04. The molecular formula is C130H241NO9. The van der Waals surface area contributed by atoms with Crippen LogP contribution in [0.25, 0.3) is 0 Å². The van der Waals surface area contributed by atoms with Crippen molar-refractivity contribution in [2.45, 2.75) is 509 Å². The fourth-order valence-electron chi connectivity index (χ4n) is 19.6. The average molecular weight is 1960 g/mol. The Morgan fingerprint density at radius 1 is 0.421 bits per heavy atom. The summed E-state index contributed by atoms with van der Waals surface area (Å²) >= 11 is 0. The van der Waals surface area contributed by atoms with Gasteiger partial charge in [-0.25, -0.2) is 0 Å². The third-order valence-electron chi connectivity index (χ3n) is 30.2. The molecular weight excluding hydrogens is 1720 g/mol. The molecule has 9 atom stereocenters. The zero-order valence-corrected chi connectivity index (χ0v) is 99.0. The first-order valence-electron chi connectivity index (χ1n) is 58.9. The number of aromatic nitrogens is 1. The average Bonchev–Trinajstić information content (AvgIpc) is 1.48. The number of nitrogens with zero attached hydrogens (tertiary/aromatic N) is 1. The second-order valence-corrected chi connectivity index (χ2v) is 49.5. The van der Waals surface area contributed by atoms with E-state index in [9.17, 15) is 15.3 Å². The summed E-state index contributed by atoms with van der Waals surface area (Å²) in [4.78, 5) is 3.99. The van der Waals surface area contributed by atoms with Crippen LogP contribution in [0.5, 0.6) is 0 Å². The predicted molar refractivity (Wildman–Crippen MR) is 614 cm³/mol. The fraction of sp³-hybridized carbons (Fsp3) is 0.823. The van der Waals surface area contributed by atoms with Crippen LogP contribution in [-0.4, -0.2) is 108 Å². The van der Waals surface area contributed by atoms with E-state index in [1.165, 1.54) is 240 Å². The number of methoxy groups -OCH3 is 1. The van der Waals surface area contributed by atoms with Crippen molar-refractivity contribution in [2.24, 2.45) is 136 Å². The van der Waals surface area contributed by atoms with Gasteiger partial charge in [-0.05, 0) is 383 Å². The summed E-state index contributed by atoms with van der Waals surface area (Å²) in [5, 5.41) is 47.0. The molecule has 7 fully saturated rings. The molecule has 11 rings (SSSR count). The van der Waals surface area contributed by atoms with Crippen molar-refractivity contribution in [1.29, 1.82) is 0 Å². The van der Waals surface area contributed by atoms with Gasteiger partial charge in [-0.1, -0.05) is 350 Å². The van der Waals surface area contributed by atoms with Crippen LogP contribution in [0.2, 0.25) is 0 Å². The van der Waals surface area contributed by atoms with E-state index < -0.39 is 0 Å². The molecule has 140 heavy (non-hydrogen) atoms. The fourth-order valence-corrected chi connectivity index (χ4v) is 19.6. The Morgan fingerprint density at radius 3 is 1.36 bits per heavy atom. The minimum absolute atomic E-state index is 0.00569. The molecule has 0 amide bonds. The van der Waals surface area contributed by atoms with Crippen molar-refractivity contribution >= 4 is 0 Å². The van der Waals surface area contributed by atoms with Crippen molar-refractivity contribution in [1.82, 2.24) is 4.98 Å². The third kappa shape index (κ3) is 79.6. The molecule has 2 aliphatic heterocycles. The van der Waals surface area contributed by atoms with Gasteiger partial charge < -0.3 is 44.5 Å². The molecule has 7 aliphatic rings. The number of aliphatic hydroxyl groups excluding tert-OH is 5. The van der Waals surface area contributed by atoms with Crippen LogP contribution in [0.4, 0.5) is 0 Å². The maximum Gasteiger partial charge on any atom is 0.0818 e. The molecule has 10 heteroatoms. The van der Waals surface area contributed by atoms with Gasteiger partial charge in [0.15, 0.2) is 0 Å². The first kappa shape index (κ1) is 138. The summed E-state index contributed by atoms with van der Waals surface area (Å²) in [7, 11) is 1.76. The van der Waals surface area contributed by atoms with Gasteiger partial charge in [0.05, 0.1) is 36.6 Å². The standard InChI is InChI=1S/C13H20.2C12H18O.C11H17N.C11H22O.2C10H20O.C10H22O.C10H20.2C8H16O.C8H16.C7H16O/c1-10(2)5-7-13-8-6-11(3)12(4)9-13;1-9(2)10(3)12(13)11-7-5-4-6-8-11;1-10(2)12(9-13)8-11-6-4-3-5-7-11;1-10(2)4-3-5-11-6-8-12-9-7-11;1-9(2)3-4-10-5-7-11(12)8-6-10;1-8(2)10-5-3-9(7-11)4-6-10;1-8(2)7-9-5-3-4-6-10(9)11;1-5-11-10(4)8-6-7-9(2)3;1-8(2)10-6-4-9(3)5-7-10;1-7(2)5-8-3-4-9-6-8;1-7(2)6-8-4-3-5-9-8;1-7(2)6-8-4-3-5-8;1-6(2)5-7(3)8-4/h6,8-10H,5,7H2,1-4H3;4-10,12-13H,1-3H3;3-7,10,12-13H,8-9H2,1-2H3;6-10H,3-5H2,1-2H3;9-12H,3-8H2,1-2H3;2*8-11H,3-7H2,1-2H3;9-10H,5-8H2,1-4H3;8-10H,4-7H2,1-3H3;2*7-8H,3-6H2,1-2H3;7-8H,3-6H2,1-2H3;6-7H,5H2,1-4H3/t;10-,12+;;;;;9-,10+;;;;;;/m.0....1....../s1. The summed E-state index contributed by atoms with van der Waals surface area (Å²) in [6.07, 6.45) is 54.1. The summed E-state index contributed by atoms with van der Waals surface area (Å²) in [5.74, 6) is 18.0. The lowest BCUT2D eigenvalue weighted by molar-refractivity contribution is 0.0587. The number of hydrogen-bond donors (Lipinski definition) is 5. The number of aliphatic hydroxyl groups is 5. The van der Waals surface area contributed by atoms with Crippen LogP contribution in [0.15, 0.2) is 103 Å². The number of ether oxygens (including phenoxy) is 4. The molecule has 1 aromatic heterocycles. The van der Waals surface area contributed by atoms with Gasteiger partial charge >= 0.3 is 0 Å². The molecule has 10 nitrogen and oxygen atoms in total. The molecule has 5 unspecified atom stereocenters. The second-order valence-electron chi connectivity index (χ2n) is 49.5. The molecule has 5 aliphatic carbocycles. The highest BCUT2D eigenvalue weighted by Gasteiger charge is 2.27. The Hall–Kier alpha value is -3.55. The molecule has 0 bridgehead atoms. The largest absolute Gasteiger partial charge is 0.396 e. The number of rotatable bonds is 37. The number of benzene rings is 3. The Kier molecular flexibility index (Phi) is 86.4. The predicted octanol–water partition coefficient (Wildman–Crippen LogP) is 36.3. The van der Waals surface area contributed by atoms with E-state index in [2.05, 4.69) is 276 Å². The second kappa shape index (κ2) is 87.3. The highest BCUT2D eigenvalue weighted by molar-refractivity contribution is 5.30. The lowest BCUT2D eigenvalue weighted by atomic mass is 9.77. The molecule has 3 heterocycles. The lowest BCUT2D eigenvalue weighted by Crippen LogP contribution is -2.25. The number of pyridine rings is 1. The highest BCUT2D eigenvalue weighted by Crippen LogP contribution is 2.37. The summed E-state index contributed by atoms with van der Waals surface area (Å²) in [6, 6.07) is 31.2. The van der Waals surface area contributed by atoms with Crippen LogP contribution in [0.3, 0.4) is 0 Å². The highest BCUT2D eigenvalue weighted by atomic mass is 16.5. The van der Waals surface area contributed by atoms with Crippen LogP contribution in [0, 0.1) is 150 Å². The van der Waals surface area contributed by atoms with Crippen molar-refractivity contribution in [3.8, 4) is 0 Å². The van der Waals surface area contributed by atoms with Gasteiger partial charge in [-0.2, -0.15) is 0 Å². The van der Waals surface area contributed by atoms with Gasteiger partial charge in [0.1, 0.15) is 0 Å². The van der Waals surface area contributed by atoms with E-state index in [0.29, 0.717) is 60.4 Å². The summed E-state index contributed by atoms with van der Waals surface area (Å²) in [6.45, 7) is 78.4. The maximum absolute atomic E-state index is 9.96. The first-order chi connectivity index (χ1) is 66.2. The van der Waals surface area contributed by atoms with Crippen molar-refractivity contribution in [3.05, 3.63) is 137 Å². The van der Waals surface area contributed by atoms with Crippen molar-refractivity contribution < 1.29 is 44.5 Å². The van der Waals surface area contributed by atoms with E-state index in [4.69, 9.17) is 29.2 Å². The van der Waals surface area contributed by atoms with Crippen molar-refractivity contribution in [3.63, 3.8) is 0 Å². The van der Waals surface area contributed by atoms with Crippen LogP contribution in [0.1, 0.15) is 479 Å². The lowest BCUT2D eigenvalue weighted by Gasteiger charge is -2.29. The van der Waals surface area contributed by atoms with Gasteiger partial charge in [0.25, 0.3) is 0 Å². The number of hydrogen-bond acceptors (Lipinski definition) is 10. The molecule has 5 saturated carbocycles. The van der Waals surface area contributed by atoms with Gasteiger partial charge in [-0.3, -0.25) is 4.98 Å². The zero-order valence-electron chi connectivity index (χ0n) is 99.0. The minimum Gasteiger partial charge on any atom is -0.396 e. The Labute approximate surface area is 872 Å². The Bertz CT molecular complexity index is 3200. The molecule has 4 aromatic rings. The molecule has 0 radical (unpaired) electrons. The first-order valence-corrected chi connectivity index (χ1v) is 58.9. The Balaban J connectivity index is 0. The molecule has 2 saturated heterocycles. The van der Waals surface area contributed by atoms with E-state index in [-0.39, 0.29) is 24.9 Å². The number of aryl methyl sites for hydroxylation is 4. The topological polar surface area (TPSA) is 151 Å². The van der Waals surface area contributed by atoms with Crippen LogP contribution < -0.4 is 0 Å². The third-order valence-corrected chi connectivity index (χ3v) is 30.2. The van der Waals surface area contributed by atoms with Crippen molar-refractivity contribution in [2.75, 3.05) is 46.8 Å². The normalized spacial score (nSPS) is 21.6. The quantitative estimate of drug-likeness (QED) is 0.0295. The van der Waals surface area contributed by atoms with Crippen LogP contribution >= 0.6 is 0 Å². The molecule has 3 aromatic carbocycles. The van der Waals surface area contributed by atoms with E-state index >= 15 is 0 Å². The van der Waals surface area contributed by atoms with Gasteiger partial charge in [0.2, 0.25) is 0 Å². The smallest absolute Gasteiger partial charge is 0.0818 e. The van der Waals surface area contributed by atoms with E-state index in [1.54, 1.807) is 7.11 Å². The van der Waals surface area contributed by atoms with Gasteiger partial charge in [0, 0.05) is 59.1 Å². The minimum atomic E-state index is -0.332. The Morgan fingerprint density at radius 2 is 0.943 bits per heavy atom. The van der Waals surface area contributed by atoms with Gasteiger partial charge in [-0.15, -0.1) is 0 Å². The SMILES string of the molecule is CC(C)C(CO)Cc1ccccc1.CC(C)C1CCC(CO)CC1.CC(C)CC1CCC1.CC(C)CC1CCCO1.CC(C)CC1CCOC1.CC(C)CCC1CCC(O)CC1.CC(C)CCCc1ccncc1.CC(C)C[C@H]1CCCC[C@@H]1O.CC(C)[C@H](C)[C@@H](O)c1ccccc1.CC1CCC(C(C)C)CC1.CCOC(C)CCCC(C)C.COC(C)CC(C)C.Cc1ccc(CCC(C)C)cc1C. The molecule has 5 N–H and O–H groups in total. The monoisotopic (exact) mass is 1960 g/mol. The van der Waals surface area contributed by atoms with E-state index in [0.717, 1.165) is 165 Å². The molecule has 0 spiro atoms. The molecule has 820 valence electrons. The van der Waals surface area contributed by atoms with E-state index in [1.807, 2.05) is 60.9 Å². The zero-order chi connectivity index (χ0) is 106.